The second-order valence-corrected chi connectivity index (χ2v) is 10.1. The number of aromatic nitrogens is 2. The average Bonchev–Trinajstić information content (AvgIpc) is 3.14. The van der Waals surface area contributed by atoms with Crippen LogP contribution in [0.5, 0.6) is 0 Å². The molecule has 2 heterocycles. The van der Waals surface area contributed by atoms with Gasteiger partial charge in [0.25, 0.3) is 0 Å². The summed E-state index contributed by atoms with van der Waals surface area (Å²) in [6.45, 7) is 0.237. The minimum absolute atomic E-state index is 0.0235. The summed E-state index contributed by atoms with van der Waals surface area (Å²) in [4.78, 5) is 26.4. The van der Waals surface area contributed by atoms with Crippen molar-refractivity contribution in [2.24, 2.45) is 35.5 Å². The highest BCUT2D eigenvalue weighted by atomic mass is 19.4. The standard InChI is InChI=1S/C24H23F4N3O3/c25-12-3-1-11(2-4-12)9-31-17-10-30(6-5-13(17)22(29-31)24(26,27)28)18(32)8-15-14-7-16-19(15)20(16)21(14)23(33)34/h1-4,14-16,19-21H,5-10H2,(H,33,34)/t14-,15?,16?,19?,20?,21+/m0/s1. The number of hydrogen-bond donors (Lipinski definition) is 1. The Balaban J connectivity index is 1.22. The van der Waals surface area contributed by atoms with Gasteiger partial charge in [0.05, 0.1) is 24.7 Å². The lowest BCUT2D eigenvalue weighted by Gasteiger charge is -2.30. The van der Waals surface area contributed by atoms with Crippen molar-refractivity contribution in [2.45, 2.75) is 38.5 Å². The van der Waals surface area contributed by atoms with Gasteiger partial charge in [-0.3, -0.25) is 14.3 Å². The highest BCUT2D eigenvalue weighted by molar-refractivity contribution is 5.78. The Morgan fingerprint density at radius 2 is 1.85 bits per heavy atom. The molecule has 1 aromatic heterocycles. The molecule has 1 amide bonds. The highest BCUT2D eigenvalue weighted by Crippen LogP contribution is 2.76. The van der Waals surface area contributed by atoms with Gasteiger partial charge >= 0.3 is 12.1 Å². The Labute approximate surface area is 192 Å². The lowest BCUT2D eigenvalue weighted by molar-refractivity contribution is -0.144. The lowest BCUT2D eigenvalue weighted by atomic mass is 9.88. The number of carboxylic acid groups (broad SMARTS) is 1. The van der Waals surface area contributed by atoms with Crippen LogP contribution in [0.4, 0.5) is 17.6 Å². The molecule has 180 valence electrons. The van der Waals surface area contributed by atoms with Gasteiger partial charge in [0, 0.05) is 18.5 Å². The molecule has 7 rings (SSSR count). The van der Waals surface area contributed by atoms with Crippen LogP contribution in [-0.2, 0) is 35.3 Å². The predicted molar refractivity (Wildman–Crippen MR) is 110 cm³/mol. The van der Waals surface area contributed by atoms with Crippen LogP contribution in [0.1, 0.15) is 35.4 Å². The van der Waals surface area contributed by atoms with Crippen molar-refractivity contribution in [3.05, 3.63) is 52.6 Å². The van der Waals surface area contributed by atoms with Gasteiger partial charge in [-0.25, -0.2) is 4.39 Å². The first-order valence-corrected chi connectivity index (χ1v) is 11.5. The molecule has 34 heavy (non-hydrogen) atoms. The van der Waals surface area contributed by atoms with Gasteiger partial charge in [-0.05, 0) is 60.1 Å². The molecule has 0 saturated heterocycles. The van der Waals surface area contributed by atoms with Crippen molar-refractivity contribution in [3.63, 3.8) is 0 Å². The van der Waals surface area contributed by atoms with Crippen molar-refractivity contribution in [2.75, 3.05) is 6.54 Å². The predicted octanol–water partition coefficient (Wildman–Crippen LogP) is 3.58. The smallest absolute Gasteiger partial charge is 0.435 e. The first-order chi connectivity index (χ1) is 16.1. The number of aliphatic carboxylic acids is 1. The molecule has 6 nitrogen and oxygen atoms in total. The van der Waals surface area contributed by atoms with Crippen LogP contribution in [-0.4, -0.2) is 38.2 Å². The molecular weight excluding hydrogens is 454 g/mol. The van der Waals surface area contributed by atoms with Crippen LogP contribution in [0, 0.1) is 41.3 Å². The van der Waals surface area contributed by atoms with E-state index in [-0.39, 0.29) is 67.6 Å². The molecule has 0 spiro atoms. The van der Waals surface area contributed by atoms with Gasteiger partial charge < -0.3 is 10.0 Å². The zero-order valence-electron chi connectivity index (χ0n) is 18.1. The summed E-state index contributed by atoms with van der Waals surface area (Å²) in [6.07, 6.45) is -3.44. The monoisotopic (exact) mass is 477 g/mol. The lowest BCUT2D eigenvalue weighted by Crippen LogP contribution is -2.38. The molecule has 1 N–H and O–H groups in total. The third-order valence-corrected chi connectivity index (χ3v) is 8.46. The SMILES string of the molecule is O=C(O)[C@H]1C2C3C[C@H]1C(CC(=O)N1CCc4c(C(F)(F)F)nn(Cc5ccc(F)cc5)c4C1)C32. The average molecular weight is 477 g/mol. The van der Waals surface area contributed by atoms with Crippen LogP contribution in [0.2, 0.25) is 0 Å². The van der Waals surface area contributed by atoms with E-state index in [0.29, 0.717) is 23.1 Å². The first kappa shape index (κ1) is 21.6. The molecule has 4 bridgehead atoms. The van der Waals surface area contributed by atoms with E-state index in [2.05, 4.69) is 5.10 Å². The van der Waals surface area contributed by atoms with Crippen LogP contribution < -0.4 is 0 Å². The molecule has 4 aliphatic carbocycles. The van der Waals surface area contributed by atoms with E-state index in [1.165, 1.54) is 28.9 Å². The van der Waals surface area contributed by atoms with Crippen molar-refractivity contribution in [1.82, 2.24) is 14.7 Å². The molecule has 1 aliphatic heterocycles. The van der Waals surface area contributed by atoms with E-state index in [1.807, 2.05) is 0 Å². The fourth-order valence-corrected chi connectivity index (χ4v) is 7.10. The van der Waals surface area contributed by atoms with E-state index in [9.17, 15) is 32.3 Å². The number of nitrogens with zero attached hydrogens (tertiary/aromatic N) is 3. The Morgan fingerprint density at radius 3 is 2.47 bits per heavy atom. The summed E-state index contributed by atoms with van der Waals surface area (Å²) in [7, 11) is 0. The Kier molecular flexibility index (Phi) is 4.64. The Hall–Kier alpha value is -2.91. The van der Waals surface area contributed by atoms with Gasteiger partial charge in [-0.2, -0.15) is 18.3 Å². The molecule has 2 aromatic rings. The molecule has 1 aromatic carbocycles. The van der Waals surface area contributed by atoms with Crippen molar-refractivity contribution < 1.29 is 32.3 Å². The normalized spacial score (nSPS) is 31.0. The molecule has 5 aliphatic rings. The zero-order valence-corrected chi connectivity index (χ0v) is 18.1. The molecule has 10 heteroatoms. The summed E-state index contributed by atoms with van der Waals surface area (Å²) in [5.74, 6) is -0.705. The maximum absolute atomic E-state index is 13.7. The molecule has 6 atom stereocenters. The second kappa shape index (κ2) is 7.29. The Morgan fingerprint density at radius 1 is 1.12 bits per heavy atom. The second-order valence-electron chi connectivity index (χ2n) is 10.1. The van der Waals surface area contributed by atoms with Crippen LogP contribution in [0.25, 0.3) is 0 Å². The van der Waals surface area contributed by atoms with E-state index in [0.717, 1.165) is 6.42 Å². The van der Waals surface area contributed by atoms with Crippen LogP contribution in [0.15, 0.2) is 24.3 Å². The number of carboxylic acids is 1. The minimum Gasteiger partial charge on any atom is -0.481 e. The van der Waals surface area contributed by atoms with E-state index >= 15 is 0 Å². The summed E-state index contributed by atoms with van der Waals surface area (Å²) in [6, 6.07) is 5.49. The largest absolute Gasteiger partial charge is 0.481 e. The number of carbonyl (C=O) groups excluding carboxylic acids is 1. The third kappa shape index (κ3) is 3.25. The number of hydrogen-bond acceptors (Lipinski definition) is 3. The highest BCUT2D eigenvalue weighted by Gasteiger charge is 2.75. The number of halogens is 4. The van der Waals surface area contributed by atoms with Gasteiger partial charge in [0.1, 0.15) is 5.82 Å². The number of rotatable bonds is 5. The topological polar surface area (TPSA) is 75.4 Å². The van der Waals surface area contributed by atoms with Crippen LogP contribution >= 0.6 is 0 Å². The maximum Gasteiger partial charge on any atom is 0.435 e. The molecule has 4 saturated carbocycles. The molecule has 0 radical (unpaired) electrons. The third-order valence-electron chi connectivity index (χ3n) is 8.46. The number of fused-ring (bicyclic) bond motifs is 1. The van der Waals surface area contributed by atoms with E-state index in [1.54, 1.807) is 4.90 Å². The van der Waals surface area contributed by atoms with Gasteiger partial charge in [0.15, 0.2) is 5.69 Å². The van der Waals surface area contributed by atoms with Crippen molar-refractivity contribution in [3.8, 4) is 0 Å². The van der Waals surface area contributed by atoms with Gasteiger partial charge in [-0.1, -0.05) is 12.1 Å². The molecule has 4 fully saturated rings. The summed E-state index contributed by atoms with van der Waals surface area (Å²) in [5, 5.41) is 13.4. The maximum atomic E-state index is 13.7. The Bertz CT molecular complexity index is 1180. The first-order valence-electron chi connectivity index (χ1n) is 11.5. The fraction of sp³-hybridized carbons (Fsp3) is 0.542. The van der Waals surface area contributed by atoms with Crippen molar-refractivity contribution in [1.29, 1.82) is 0 Å². The van der Waals surface area contributed by atoms with Gasteiger partial charge in [0.2, 0.25) is 5.91 Å². The number of benzene rings is 1. The van der Waals surface area contributed by atoms with Crippen molar-refractivity contribution >= 4 is 11.9 Å². The summed E-state index contributed by atoms with van der Waals surface area (Å²) < 4.78 is 55.5. The molecular formula is C24H23F4N3O3. The fourth-order valence-electron chi connectivity index (χ4n) is 7.10. The van der Waals surface area contributed by atoms with E-state index < -0.39 is 23.7 Å². The van der Waals surface area contributed by atoms with E-state index in [4.69, 9.17) is 0 Å². The summed E-state index contributed by atoms with van der Waals surface area (Å²) >= 11 is 0. The van der Waals surface area contributed by atoms with Crippen LogP contribution in [0.3, 0.4) is 0 Å². The minimum atomic E-state index is -4.61. The summed E-state index contributed by atoms with van der Waals surface area (Å²) in [5.41, 5.74) is 0.127. The number of amides is 1. The quantitative estimate of drug-likeness (QED) is 0.669. The molecule has 4 unspecified atom stereocenters. The zero-order chi connectivity index (χ0) is 23.9. The number of alkyl halides is 3. The van der Waals surface area contributed by atoms with Gasteiger partial charge in [-0.15, -0.1) is 0 Å². The number of carbonyl (C=O) groups is 2.